The van der Waals surface area contributed by atoms with Gasteiger partial charge >= 0.3 is 0 Å². The summed E-state index contributed by atoms with van der Waals surface area (Å²) in [4.78, 5) is 18.5. The molecule has 0 aliphatic carbocycles. The van der Waals surface area contributed by atoms with E-state index in [1.54, 1.807) is 17.4 Å². The lowest BCUT2D eigenvalue weighted by atomic mass is 10.1. The number of carbonyl (C=O) groups excluding carboxylic acids is 1. The molecule has 0 amide bonds. The molecule has 4 heterocycles. The average Bonchev–Trinajstić information content (AvgIpc) is 3.39. The molecule has 2 aromatic rings. The van der Waals surface area contributed by atoms with Gasteiger partial charge in [-0.2, -0.15) is 0 Å². The molecule has 0 spiro atoms. The number of likely N-dealkylation sites (N-methyl/N-ethyl adjacent to an activating group) is 1. The van der Waals surface area contributed by atoms with Gasteiger partial charge in [0.1, 0.15) is 5.69 Å². The fourth-order valence-electron chi connectivity index (χ4n) is 4.43. The van der Waals surface area contributed by atoms with Crippen molar-refractivity contribution in [3.63, 3.8) is 0 Å². The maximum Gasteiger partial charge on any atom is 0.184 e. The second-order valence-electron chi connectivity index (χ2n) is 7.95. The number of Topliss-reactive ketones (excluding diaryl/α,β-unsaturated/α-hetero) is 1. The summed E-state index contributed by atoms with van der Waals surface area (Å²) in [5, 5.41) is 5.94. The zero-order valence-corrected chi connectivity index (χ0v) is 16.9. The number of thiophene rings is 1. The first-order valence-corrected chi connectivity index (χ1v) is 11.1. The van der Waals surface area contributed by atoms with Gasteiger partial charge < -0.3 is 9.42 Å². The number of fused-ring (bicyclic) bond motifs is 2. The highest BCUT2D eigenvalue weighted by Crippen LogP contribution is 2.28. The van der Waals surface area contributed by atoms with Crippen LogP contribution in [0, 0.1) is 0 Å². The van der Waals surface area contributed by atoms with Crippen LogP contribution in [0.2, 0.25) is 0 Å². The Labute approximate surface area is 165 Å². The second kappa shape index (κ2) is 8.67. The molecular formula is C21H29N3O2S. The van der Waals surface area contributed by atoms with E-state index >= 15 is 0 Å². The number of unbranched alkanes of at least 4 members (excludes halogenated alkanes) is 3. The summed E-state index contributed by atoms with van der Waals surface area (Å²) >= 11 is 1.59. The van der Waals surface area contributed by atoms with E-state index in [0.29, 0.717) is 17.9 Å². The van der Waals surface area contributed by atoms with Crippen molar-refractivity contribution in [1.82, 2.24) is 15.0 Å². The highest BCUT2D eigenvalue weighted by atomic mass is 32.1. The molecule has 2 saturated heterocycles. The second-order valence-corrected chi connectivity index (χ2v) is 8.90. The van der Waals surface area contributed by atoms with Crippen LogP contribution in [0.3, 0.4) is 0 Å². The third-order valence-electron chi connectivity index (χ3n) is 6.11. The lowest BCUT2D eigenvalue weighted by Gasteiger charge is -2.38. The smallest absolute Gasteiger partial charge is 0.184 e. The number of nitrogens with zero attached hydrogens (tertiary/aromatic N) is 3. The van der Waals surface area contributed by atoms with Crippen LogP contribution < -0.4 is 0 Å². The number of likely N-dealkylation sites (tertiary alicyclic amines) is 1. The minimum Gasteiger partial charge on any atom is -0.355 e. The highest BCUT2D eigenvalue weighted by molar-refractivity contribution is 7.13. The van der Waals surface area contributed by atoms with Gasteiger partial charge in [0.2, 0.25) is 0 Å². The molecule has 2 fully saturated rings. The number of carbonyl (C=O) groups is 1. The summed E-state index contributed by atoms with van der Waals surface area (Å²) in [5.74, 6) is 0.784. The SMILES string of the molecule is CN1C2CCC1CN(CCCCCCC(=O)c1cc(-c3cccs3)on1)C2. The molecule has 2 aliphatic heterocycles. The van der Waals surface area contributed by atoms with Crippen LogP contribution in [0.4, 0.5) is 0 Å². The predicted molar refractivity (Wildman–Crippen MR) is 108 cm³/mol. The molecule has 0 N–H and O–H groups in total. The average molecular weight is 388 g/mol. The van der Waals surface area contributed by atoms with Crippen molar-refractivity contribution in [3.05, 3.63) is 29.3 Å². The topological polar surface area (TPSA) is 49.6 Å². The number of rotatable bonds is 9. The Bertz CT molecular complexity index is 728. The van der Waals surface area contributed by atoms with Crippen molar-refractivity contribution in [2.75, 3.05) is 26.7 Å². The van der Waals surface area contributed by atoms with E-state index in [-0.39, 0.29) is 5.78 Å². The third kappa shape index (κ3) is 4.50. The van der Waals surface area contributed by atoms with Gasteiger partial charge in [0.15, 0.2) is 11.5 Å². The molecule has 2 unspecified atom stereocenters. The number of hydrogen-bond donors (Lipinski definition) is 0. The van der Waals surface area contributed by atoms with E-state index in [9.17, 15) is 4.79 Å². The standard InChI is InChI=1S/C21H29N3O2S/c1-23-16-9-10-17(23)15-24(14-16)11-5-3-2-4-7-19(25)18-13-20(26-22-18)21-8-6-12-27-21/h6,8,12-13,16-17H,2-5,7,9-11,14-15H2,1H3. The lowest BCUT2D eigenvalue weighted by Crippen LogP contribution is -2.51. The molecule has 2 aromatic heterocycles. The first kappa shape index (κ1) is 18.8. The number of piperazine rings is 1. The van der Waals surface area contributed by atoms with Gasteiger partial charge in [-0.05, 0) is 50.7 Å². The van der Waals surface area contributed by atoms with Crippen LogP contribution in [0.15, 0.2) is 28.1 Å². The molecule has 0 saturated carbocycles. The molecule has 5 nitrogen and oxygen atoms in total. The molecule has 0 radical (unpaired) electrons. The van der Waals surface area contributed by atoms with Gasteiger partial charge in [-0.15, -0.1) is 11.3 Å². The Morgan fingerprint density at radius 1 is 1.22 bits per heavy atom. The zero-order chi connectivity index (χ0) is 18.6. The van der Waals surface area contributed by atoms with Gasteiger partial charge in [0, 0.05) is 37.7 Å². The van der Waals surface area contributed by atoms with Crippen LogP contribution in [0.25, 0.3) is 10.6 Å². The van der Waals surface area contributed by atoms with Gasteiger partial charge in [0.25, 0.3) is 0 Å². The Morgan fingerprint density at radius 3 is 2.74 bits per heavy atom. The number of aromatic nitrogens is 1. The minimum absolute atomic E-state index is 0.0946. The number of ketones is 1. The molecule has 2 aliphatic rings. The number of hydrogen-bond acceptors (Lipinski definition) is 6. The largest absolute Gasteiger partial charge is 0.355 e. The third-order valence-corrected chi connectivity index (χ3v) is 7.00. The molecule has 4 rings (SSSR count). The molecule has 27 heavy (non-hydrogen) atoms. The Kier molecular flexibility index (Phi) is 6.05. The van der Waals surface area contributed by atoms with Crippen molar-refractivity contribution < 1.29 is 9.32 Å². The van der Waals surface area contributed by atoms with Crippen LogP contribution >= 0.6 is 11.3 Å². The summed E-state index contributed by atoms with van der Waals surface area (Å²) in [5.41, 5.74) is 0.464. The molecule has 0 aromatic carbocycles. The lowest BCUT2D eigenvalue weighted by molar-refractivity contribution is 0.0873. The Morgan fingerprint density at radius 2 is 2.00 bits per heavy atom. The Hall–Kier alpha value is -1.50. The maximum absolute atomic E-state index is 12.3. The van der Waals surface area contributed by atoms with E-state index in [4.69, 9.17) is 4.52 Å². The molecule has 6 heteroatoms. The molecule has 146 valence electrons. The quantitative estimate of drug-likeness (QED) is 0.474. The van der Waals surface area contributed by atoms with E-state index in [0.717, 1.165) is 29.8 Å². The van der Waals surface area contributed by atoms with Crippen molar-refractivity contribution in [1.29, 1.82) is 0 Å². The van der Waals surface area contributed by atoms with E-state index in [1.165, 1.54) is 45.3 Å². The summed E-state index contributed by atoms with van der Waals surface area (Å²) in [6, 6.07) is 7.28. The van der Waals surface area contributed by atoms with Gasteiger partial charge in [-0.1, -0.05) is 24.1 Å². The van der Waals surface area contributed by atoms with Gasteiger partial charge in [-0.3, -0.25) is 9.69 Å². The summed E-state index contributed by atoms with van der Waals surface area (Å²) in [7, 11) is 2.29. The Balaban J connectivity index is 1.11. The highest BCUT2D eigenvalue weighted by Gasteiger charge is 2.36. The summed E-state index contributed by atoms with van der Waals surface area (Å²) < 4.78 is 5.30. The van der Waals surface area contributed by atoms with Gasteiger partial charge in [0.05, 0.1) is 4.88 Å². The van der Waals surface area contributed by atoms with Crippen molar-refractivity contribution in [2.24, 2.45) is 0 Å². The predicted octanol–water partition coefficient (Wildman–Crippen LogP) is 4.31. The van der Waals surface area contributed by atoms with E-state index < -0.39 is 0 Å². The van der Waals surface area contributed by atoms with E-state index in [2.05, 4.69) is 22.0 Å². The van der Waals surface area contributed by atoms with E-state index in [1.807, 2.05) is 17.5 Å². The summed E-state index contributed by atoms with van der Waals surface area (Å²) in [6.07, 6.45) is 7.80. The first-order chi connectivity index (χ1) is 13.2. The van der Waals surface area contributed by atoms with Crippen molar-refractivity contribution in [2.45, 2.75) is 57.0 Å². The zero-order valence-electron chi connectivity index (χ0n) is 16.1. The van der Waals surface area contributed by atoms with Crippen LogP contribution in [0.1, 0.15) is 55.4 Å². The van der Waals surface area contributed by atoms with Crippen LogP contribution in [-0.4, -0.2) is 59.5 Å². The first-order valence-electron chi connectivity index (χ1n) is 10.2. The fraction of sp³-hybridized carbons (Fsp3) is 0.619. The van der Waals surface area contributed by atoms with Crippen molar-refractivity contribution in [3.8, 4) is 10.6 Å². The molecular weight excluding hydrogens is 358 g/mol. The normalized spacial score (nSPS) is 23.1. The fourth-order valence-corrected chi connectivity index (χ4v) is 5.10. The molecule has 2 bridgehead atoms. The van der Waals surface area contributed by atoms with Crippen LogP contribution in [0.5, 0.6) is 0 Å². The van der Waals surface area contributed by atoms with Crippen molar-refractivity contribution >= 4 is 17.1 Å². The monoisotopic (exact) mass is 387 g/mol. The maximum atomic E-state index is 12.3. The van der Waals surface area contributed by atoms with Gasteiger partial charge in [-0.25, -0.2) is 0 Å². The minimum atomic E-state index is 0.0946. The summed E-state index contributed by atoms with van der Waals surface area (Å²) in [6.45, 7) is 3.69. The molecule has 2 atom stereocenters. The van der Waals surface area contributed by atoms with Crippen LogP contribution in [-0.2, 0) is 0 Å².